The summed E-state index contributed by atoms with van der Waals surface area (Å²) in [6.45, 7) is 6.04. The number of benzene rings is 2. The zero-order valence-corrected chi connectivity index (χ0v) is 16.0. The Morgan fingerprint density at radius 3 is 2.32 bits per heavy atom. The predicted molar refractivity (Wildman–Crippen MR) is 100 cm³/mol. The monoisotopic (exact) mass is 404 g/mol. The molecule has 0 atom stereocenters. The first-order chi connectivity index (χ1) is 11.8. The smallest absolute Gasteiger partial charge is 0.276 e. The maximum atomic E-state index is 12.0. The molecule has 0 heterocycles. The van der Waals surface area contributed by atoms with Crippen LogP contribution in [-0.4, -0.2) is 18.4 Å². The molecule has 5 nitrogen and oxygen atoms in total. The lowest BCUT2D eigenvalue weighted by Crippen LogP contribution is -2.44. The van der Waals surface area contributed by atoms with Crippen LogP contribution in [-0.2, 0) is 10.2 Å². The number of hydrogen-bond donors (Lipinski definition) is 2. The van der Waals surface area contributed by atoms with E-state index in [0.29, 0.717) is 15.8 Å². The van der Waals surface area contributed by atoms with Crippen LogP contribution >= 0.6 is 15.9 Å². The number of amides is 2. The van der Waals surface area contributed by atoms with Crippen molar-refractivity contribution in [3.63, 3.8) is 0 Å². The van der Waals surface area contributed by atoms with Gasteiger partial charge in [0.1, 0.15) is 5.75 Å². The first-order valence-corrected chi connectivity index (χ1v) is 8.64. The molecule has 0 aromatic heterocycles. The zero-order chi connectivity index (χ0) is 18.4. The molecule has 0 fully saturated rings. The minimum atomic E-state index is -0.441. The molecular formula is C19H21BrN2O3. The number of ether oxygens (including phenoxy) is 1. The fourth-order valence-corrected chi connectivity index (χ4v) is 2.70. The Morgan fingerprint density at radius 2 is 1.64 bits per heavy atom. The van der Waals surface area contributed by atoms with Gasteiger partial charge in [0, 0.05) is 4.47 Å². The molecule has 2 amide bonds. The van der Waals surface area contributed by atoms with Gasteiger partial charge in [-0.2, -0.15) is 0 Å². The lowest BCUT2D eigenvalue weighted by molar-refractivity contribution is -0.123. The van der Waals surface area contributed by atoms with Crippen molar-refractivity contribution in [2.24, 2.45) is 0 Å². The molecule has 2 N–H and O–H groups in total. The van der Waals surface area contributed by atoms with Gasteiger partial charge in [-0.1, -0.05) is 51.1 Å². The molecule has 0 aliphatic rings. The van der Waals surface area contributed by atoms with E-state index in [0.717, 1.165) is 5.56 Å². The highest BCUT2D eigenvalue weighted by Gasteiger charge is 2.19. The summed E-state index contributed by atoms with van der Waals surface area (Å²) >= 11 is 3.29. The minimum Gasteiger partial charge on any atom is -0.483 e. The molecule has 132 valence electrons. The first-order valence-electron chi connectivity index (χ1n) is 7.85. The van der Waals surface area contributed by atoms with Crippen LogP contribution in [0, 0.1) is 0 Å². The zero-order valence-electron chi connectivity index (χ0n) is 14.4. The number of carbonyl (C=O) groups is 2. The Morgan fingerprint density at radius 1 is 1.00 bits per heavy atom. The predicted octanol–water partition coefficient (Wildman–Crippen LogP) is 3.59. The largest absolute Gasteiger partial charge is 0.483 e. The number of rotatable bonds is 4. The number of nitrogens with one attached hydrogen (secondary N) is 2. The van der Waals surface area contributed by atoms with Gasteiger partial charge < -0.3 is 4.74 Å². The standard InChI is InChI=1S/C19H21BrN2O3/c1-19(2,3)14-9-5-7-11-16(14)25-12-17(23)21-22-18(24)13-8-4-6-10-15(13)20/h4-11H,12H2,1-3H3,(H,21,23)(H,22,24). The average Bonchev–Trinajstić information content (AvgIpc) is 2.57. The third kappa shape index (κ3) is 5.32. The van der Waals surface area contributed by atoms with E-state index >= 15 is 0 Å². The molecule has 0 aliphatic heterocycles. The minimum absolute atomic E-state index is 0.0964. The highest BCUT2D eigenvalue weighted by atomic mass is 79.9. The van der Waals surface area contributed by atoms with Crippen molar-refractivity contribution in [2.75, 3.05) is 6.61 Å². The second kappa shape index (κ2) is 8.16. The van der Waals surface area contributed by atoms with Gasteiger partial charge in [-0.15, -0.1) is 0 Å². The first kappa shape index (κ1) is 19.0. The molecule has 2 aromatic rings. The van der Waals surface area contributed by atoms with Crippen LogP contribution in [0.2, 0.25) is 0 Å². The normalized spacial score (nSPS) is 10.9. The van der Waals surface area contributed by atoms with Crippen molar-refractivity contribution in [1.29, 1.82) is 0 Å². The van der Waals surface area contributed by atoms with Gasteiger partial charge in [0.15, 0.2) is 6.61 Å². The van der Waals surface area contributed by atoms with Gasteiger partial charge in [-0.3, -0.25) is 20.4 Å². The van der Waals surface area contributed by atoms with Crippen LogP contribution in [0.5, 0.6) is 5.75 Å². The van der Waals surface area contributed by atoms with Gasteiger partial charge in [0.25, 0.3) is 11.8 Å². The highest BCUT2D eigenvalue weighted by Crippen LogP contribution is 2.30. The third-order valence-electron chi connectivity index (χ3n) is 3.49. The van der Waals surface area contributed by atoms with Crippen molar-refractivity contribution < 1.29 is 14.3 Å². The summed E-state index contributed by atoms with van der Waals surface area (Å²) in [7, 11) is 0. The number of carbonyl (C=O) groups excluding carboxylic acids is 2. The summed E-state index contributed by atoms with van der Waals surface area (Å²) in [6.07, 6.45) is 0. The molecule has 2 rings (SSSR count). The molecule has 0 aliphatic carbocycles. The summed E-state index contributed by atoms with van der Waals surface area (Å²) in [6, 6.07) is 14.6. The maximum Gasteiger partial charge on any atom is 0.276 e. The SMILES string of the molecule is CC(C)(C)c1ccccc1OCC(=O)NNC(=O)c1ccccc1Br. The Bertz CT molecular complexity index is 769. The molecule has 0 saturated carbocycles. The highest BCUT2D eigenvalue weighted by molar-refractivity contribution is 9.10. The molecule has 6 heteroatoms. The van der Waals surface area contributed by atoms with Gasteiger partial charge in [-0.05, 0) is 45.1 Å². The Kier molecular flexibility index (Phi) is 6.20. The Hall–Kier alpha value is -2.34. The summed E-state index contributed by atoms with van der Waals surface area (Å²) in [5.74, 6) is -0.192. The molecule has 25 heavy (non-hydrogen) atoms. The van der Waals surface area contributed by atoms with Crippen molar-refractivity contribution >= 4 is 27.7 Å². The molecule has 0 radical (unpaired) electrons. The van der Waals surface area contributed by atoms with Gasteiger partial charge in [0.2, 0.25) is 0 Å². The van der Waals surface area contributed by atoms with Crippen LogP contribution in [0.25, 0.3) is 0 Å². The van der Waals surface area contributed by atoms with Crippen molar-refractivity contribution in [3.05, 3.63) is 64.1 Å². The van der Waals surface area contributed by atoms with Gasteiger partial charge in [-0.25, -0.2) is 0 Å². The summed E-state index contributed by atoms with van der Waals surface area (Å²) < 4.78 is 6.26. The van der Waals surface area contributed by atoms with E-state index in [2.05, 4.69) is 47.6 Å². The molecule has 2 aromatic carbocycles. The summed E-state index contributed by atoms with van der Waals surface area (Å²) in [4.78, 5) is 24.0. The average molecular weight is 405 g/mol. The van der Waals surface area contributed by atoms with E-state index in [1.807, 2.05) is 24.3 Å². The topological polar surface area (TPSA) is 67.4 Å². The number of para-hydroxylation sites is 1. The molecule has 0 spiro atoms. The fraction of sp³-hybridized carbons (Fsp3) is 0.263. The second-order valence-corrected chi connectivity index (χ2v) is 7.37. The van der Waals surface area contributed by atoms with Crippen molar-refractivity contribution in [1.82, 2.24) is 10.9 Å². The molecular weight excluding hydrogens is 384 g/mol. The van der Waals surface area contributed by atoms with Crippen LogP contribution in [0.15, 0.2) is 53.0 Å². The molecule has 0 unspecified atom stereocenters. The van der Waals surface area contributed by atoms with E-state index in [9.17, 15) is 9.59 Å². The van der Waals surface area contributed by atoms with E-state index in [4.69, 9.17) is 4.74 Å². The van der Waals surface area contributed by atoms with Gasteiger partial charge in [0.05, 0.1) is 5.56 Å². The maximum absolute atomic E-state index is 12.0. The number of hydrogen-bond acceptors (Lipinski definition) is 3. The van der Waals surface area contributed by atoms with Gasteiger partial charge >= 0.3 is 0 Å². The number of halogens is 1. The lowest BCUT2D eigenvalue weighted by atomic mass is 9.86. The van der Waals surface area contributed by atoms with E-state index in [-0.39, 0.29) is 12.0 Å². The quantitative estimate of drug-likeness (QED) is 0.765. The number of hydrazine groups is 1. The fourth-order valence-electron chi connectivity index (χ4n) is 2.23. The Labute approximate surface area is 155 Å². The van der Waals surface area contributed by atoms with Crippen LogP contribution in [0.4, 0.5) is 0 Å². The Balaban J connectivity index is 1.90. The van der Waals surface area contributed by atoms with E-state index in [1.54, 1.807) is 24.3 Å². The van der Waals surface area contributed by atoms with Crippen LogP contribution in [0.1, 0.15) is 36.7 Å². The summed E-state index contributed by atoms with van der Waals surface area (Å²) in [5.41, 5.74) is 6.07. The molecule has 0 saturated heterocycles. The third-order valence-corrected chi connectivity index (χ3v) is 4.18. The van der Waals surface area contributed by atoms with E-state index < -0.39 is 11.8 Å². The van der Waals surface area contributed by atoms with Crippen molar-refractivity contribution in [2.45, 2.75) is 26.2 Å². The summed E-state index contributed by atoms with van der Waals surface area (Å²) in [5, 5.41) is 0. The van der Waals surface area contributed by atoms with Crippen molar-refractivity contribution in [3.8, 4) is 5.75 Å². The molecule has 0 bridgehead atoms. The van der Waals surface area contributed by atoms with Crippen LogP contribution in [0.3, 0.4) is 0 Å². The van der Waals surface area contributed by atoms with E-state index in [1.165, 1.54) is 0 Å². The lowest BCUT2D eigenvalue weighted by Gasteiger charge is -2.22. The van der Waals surface area contributed by atoms with Crippen LogP contribution < -0.4 is 15.6 Å². The second-order valence-electron chi connectivity index (χ2n) is 6.52.